The summed E-state index contributed by atoms with van der Waals surface area (Å²) >= 11 is 0. The van der Waals surface area contributed by atoms with Crippen LogP contribution in [0.15, 0.2) is 59.6 Å². The first-order valence-electron chi connectivity index (χ1n) is 11.2. The molecular weight excluding hydrogens is 497 g/mol. The maximum atomic E-state index is 13.9. The number of aromatic nitrogens is 2. The van der Waals surface area contributed by atoms with Gasteiger partial charge in [-0.25, -0.2) is 9.97 Å². The number of alkyl halides is 3. The van der Waals surface area contributed by atoms with E-state index in [0.717, 1.165) is 12.1 Å². The summed E-state index contributed by atoms with van der Waals surface area (Å²) in [6, 6.07) is 12.7. The van der Waals surface area contributed by atoms with Crippen molar-refractivity contribution in [1.29, 1.82) is 0 Å². The van der Waals surface area contributed by atoms with Crippen molar-refractivity contribution < 1.29 is 31.5 Å². The molecule has 1 aliphatic rings. The molecule has 0 atom stereocenters. The van der Waals surface area contributed by atoms with E-state index < -0.39 is 27.7 Å². The number of rotatable bonds is 3. The average molecular weight is 521 g/mol. The SMILES string of the molecule is O=C(O)CCN1CCCCc2ccccc2-c2nc(ccc2C(F)(F)F)NS(=O)(=O)c2cccc1n2. The van der Waals surface area contributed by atoms with Gasteiger partial charge < -0.3 is 10.0 Å². The van der Waals surface area contributed by atoms with Crippen molar-refractivity contribution in [2.45, 2.75) is 36.9 Å². The van der Waals surface area contributed by atoms with Crippen LogP contribution in [0, 0.1) is 0 Å². The molecule has 0 saturated carbocycles. The summed E-state index contributed by atoms with van der Waals surface area (Å²) in [6.07, 6.45) is -3.25. The number of anilines is 2. The van der Waals surface area contributed by atoms with Gasteiger partial charge in [0.25, 0.3) is 10.0 Å². The van der Waals surface area contributed by atoms with E-state index in [4.69, 9.17) is 5.11 Å². The number of pyridine rings is 2. The van der Waals surface area contributed by atoms with E-state index in [1.54, 1.807) is 29.2 Å². The lowest BCUT2D eigenvalue weighted by Gasteiger charge is -2.23. The van der Waals surface area contributed by atoms with Gasteiger partial charge in [-0.1, -0.05) is 30.3 Å². The second-order valence-electron chi connectivity index (χ2n) is 8.27. The summed E-state index contributed by atoms with van der Waals surface area (Å²) in [7, 11) is -4.31. The fourth-order valence-electron chi connectivity index (χ4n) is 4.03. The maximum absolute atomic E-state index is 13.9. The molecule has 1 aliphatic heterocycles. The zero-order chi connectivity index (χ0) is 25.9. The number of nitrogens with one attached hydrogen (secondary N) is 1. The second kappa shape index (κ2) is 10.1. The number of nitrogens with zero attached hydrogens (tertiary/aromatic N) is 3. The minimum Gasteiger partial charge on any atom is -0.481 e. The van der Waals surface area contributed by atoms with Gasteiger partial charge in [0.1, 0.15) is 11.6 Å². The van der Waals surface area contributed by atoms with Crippen LogP contribution in [0.4, 0.5) is 24.8 Å². The molecule has 0 amide bonds. The van der Waals surface area contributed by atoms with Gasteiger partial charge in [-0.2, -0.15) is 21.6 Å². The smallest absolute Gasteiger partial charge is 0.418 e. The highest BCUT2D eigenvalue weighted by atomic mass is 32.2. The molecule has 3 aromatic rings. The molecule has 0 fully saturated rings. The Labute approximate surface area is 205 Å². The average Bonchev–Trinajstić information content (AvgIpc) is 2.82. The van der Waals surface area contributed by atoms with E-state index in [9.17, 15) is 26.4 Å². The number of carboxylic acid groups (broad SMARTS) is 1. The number of hydrogen-bond acceptors (Lipinski definition) is 6. The van der Waals surface area contributed by atoms with Crippen molar-refractivity contribution in [1.82, 2.24) is 9.97 Å². The predicted octanol–water partition coefficient (Wildman–Crippen LogP) is 4.58. The number of carbonyl (C=O) groups is 1. The molecule has 36 heavy (non-hydrogen) atoms. The molecule has 12 heteroatoms. The largest absolute Gasteiger partial charge is 0.481 e. The third kappa shape index (κ3) is 5.76. The molecule has 4 rings (SSSR count). The van der Waals surface area contributed by atoms with Crippen molar-refractivity contribution in [3.63, 3.8) is 0 Å². The number of hydrogen-bond donors (Lipinski definition) is 2. The Balaban J connectivity index is 1.83. The number of benzene rings is 1. The standard InChI is InChI=1S/C24H23F3N4O4S/c25-24(26,27)18-11-12-19-28-23(18)17-8-2-1-6-16(17)7-3-4-14-31(15-13-22(32)33)20-9-5-10-21(29-20)36(34,35)30-19/h1-2,5-6,8-12H,3-4,7,13-15H2,(H,28,30)(H,32,33). The number of fused-ring (bicyclic) bond motifs is 6. The first-order valence-corrected chi connectivity index (χ1v) is 12.7. The van der Waals surface area contributed by atoms with Gasteiger partial charge in [0.15, 0.2) is 5.03 Å². The number of aliphatic carboxylic acids is 1. The van der Waals surface area contributed by atoms with E-state index in [0.29, 0.717) is 31.4 Å². The zero-order valence-corrected chi connectivity index (χ0v) is 19.8. The van der Waals surface area contributed by atoms with Crippen LogP contribution in [0.2, 0.25) is 0 Å². The summed E-state index contributed by atoms with van der Waals surface area (Å²) in [6.45, 7) is 0.506. The van der Waals surface area contributed by atoms with Gasteiger partial charge >= 0.3 is 12.1 Å². The second-order valence-corrected chi connectivity index (χ2v) is 9.90. The van der Waals surface area contributed by atoms with Crippen molar-refractivity contribution >= 4 is 27.6 Å². The third-order valence-electron chi connectivity index (χ3n) is 5.74. The van der Waals surface area contributed by atoms with Crippen LogP contribution < -0.4 is 9.62 Å². The summed E-state index contributed by atoms with van der Waals surface area (Å²) in [5.74, 6) is -0.996. The molecule has 1 aromatic carbocycles. The Morgan fingerprint density at radius 3 is 2.56 bits per heavy atom. The Bertz CT molecular complexity index is 1380. The number of sulfonamides is 1. The minimum absolute atomic E-state index is 0.118. The molecule has 2 N–H and O–H groups in total. The van der Waals surface area contributed by atoms with E-state index in [1.165, 1.54) is 18.2 Å². The van der Waals surface area contributed by atoms with Crippen LogP contribution in [-0.4, -0.2) is 42.6 Å². The molecule has 0 radical (unpaired) electrons. The van der Waals surface area contributed by atoms with Crippen LogP contribution in [0.5, 0.6) is 0 Å². The van der Waals surface area contributed by atoms with Gasteiger partial charge in [-0.3, -0.25) is 9.52 Å². The van der Waals surface area contributed by atoms with E-state index in [2.05, 4.69) is 14.7 Å². The molecule has 0 spiro atoms. The van der Waals surface area contributed by atoms with Gasteiger partial charge in [-0.15, -0.1) is 0 Å². The number of aryl methyl sites for hydroxylation is 1. The molecule has 8 nitrogen and oxygen atoms in total. The summed E-state index contributed by atoms with van der Waals surface area (Å²) < 4.78 is 69.9. The van der Waals surface area contributed by atoms with Gasteiger partial charge in [0.2, 0.25) is 0 Å². The Morgan fingerprint density at radius 2 is 1.81 bits per heavy atom. The summed E-state index contributed by atoms with van der Waals surface area (Å²) in [5, 5.41) is 8.77. The molecule has 190 valence electrons. The highest BCUT2D eigenvalue weighted by Crippen LogP contribution is 2.38. The third-order valence-corrected chi connectivity index (χ3v) is 7.00. The lowest BCUT2D eigenvalue weighted by molar-refractivity contribution is -0.138. The highest BCUT2D eigenvalue weighted by Gasteiger charge is 2.35. The quantitative estimate of drug-likeness (QED) is 0.520. The molecule has 2 aromatic heterocycles. The van der Waals surface area contributed by atoms with Crippen LogP contribution >= 0.6 is 0 Å². The fraction of sp³-hybridized carbons (Fsp3) is 0.292. The van der Waals surface area contributed by atoms with E-state index in [1.807, 2.05) is 0 Å². The van der Waals surface area contributed by atoms with Crippen LogP contribution in [0.1, 0.15) is 30.4 Å². The Kier molecular flexibility index (Phi) is 7.16. The summed E-state index contributed by atoms with van der Waals surface area (Å²) in [4.78, 5) is 21.1. The van der Waals surface area contributed by atoms with E-state index in [-0.39, 0.29) is 40.9 Å². The highest BCUT2D eigenvalue weighted by molar-refractivity contribution is 7.92. The first-order chi connectivity index (χ1) is 17.0. The molecule has 0 aliphatic carbocycles. The van der Waals surface area contributed by atoms with Crippen molar-refractivity contribution in [2.75, 3.05) is 22.7 Å². The van der Waals surface area contributed by atoms with E-state index >= 15 is 0 Å². The molecule has 4 bridgehead atoms. The topological polar surface area (TPSA) is 112 Å². The van der Waals surface area contributed by atoms with Crippen LogP contribution in [0.3, 0.4) is 0 Å². The lowest BCUT2D eigenvalue weighted by atomic mass is 9.96. The monoisotopic (exact) mass is 520 g/mol. The van der Waals surface area contributed by atoms with Gasteiger partial charge in [0.05, 0.1) is 17.7 Å². The Morgan fingerprint density at radius 1 is 1.03 bits per heavy atom. The molecule has 0 saturated heterocycles. The molecular formula is C24H23F3N4O4S. The first kappa shape index (κ1) is 25.4. The molecule has 3 heterocycles. The van der Waals surface area contributed by atoms with Crippen LogP contribution in [-0.2, 0) is 27.4 Å². The predicted molar refractivity (Wildman–Crippen MR) is 127 cm³/mol. The normalized spacial score (nSPS) is 15.7. The molecule has 0 unspecified atom stereocenters. The van der Waals surface area contributed by atoms with Gasteiger partial charge in [-0.05, 0) is 49.1 Å². The number of carboxylic acids is 1. The van der Waals surface area contributed by atoms with Crippen molar-refractivity contribution in [2.24, 2.45) is 0 Å². The van der Waals surface area contributed by atoms with Gasteiger partial charge in [0, 0.05) is 18.7 Å². The zero-order valence-electron chi connectivity index (χ0n) is 19.0. The maximum Gasteiger partial charge on any atom is 0.418 e. The van der Waals surface area contributed by atoms with Crippen molar-refractivity contribution in [3.05, 3.63) is 65.7 Å². The van der Waals surface area contributed by atoms with Crippen molar-refractivity contribution in [3.8, 4) is 11.3 Å². The lowest BCUT2D eigenvalue weighted by Crippen LogP contribution is -2.29. The summed E-state index contributed by atoms with van der Waals surface area (Å²) in [5.41, 5.74) is -0.427. The Hall–Kier alpha value is -3.67. The minimum atomic E-state index is -4.70. The number of halogens is 3. The van der Waals surface area contributed by atoms with Crippen LogP contribution in [0.25, 0.3) is 11.3 Å². The fourth-order valence-corrected chi connectivity index (χ4v) is 4.99.